The molecule has 0 radical (unpaired) electrons. The van der Waals surface area contributed by atoms with Gasteiger partial charge in [-0.2, -0.15) is 0 Å². The molecule has 0 aliphatic rings. The Labute approximate surface area is 113 Å². The Bertz CT molecular complexity index is 472. The third kappa shape index (κ3) is 3.40. The summed E-state index contributed by atoms with van der Waals surface area (Å²) in [6.45, 7) is 8.39. The molecule has 18 heavy (non-hydrogen) atoms. The summed E-state index contributed by atoms with van der Waals surface area (Å²) in [6.07, 6.45) is 1.92. The number of hydrogen-bond donors (Lipinski definition) is 1. The summed E-state index contributed by atoms with van der Waals surface area (Å²) in [5.41, 5.74) is 2.49. The van der Waals surface area contributed by atoms with Gasteiger partial charge in [0.25, 0.3) is 0 Å². The Morgan fingerprint density at radius 3 is 2.72 bits per heavy atom. The molecule has 2 nitrogen and oxygen atoms in total. The second kappa shape index (κ2) is 5.63. The number of nitrogens with zero attached hydrogens (tertiary/aromatic N) is 1. The number of thiophene rings is 1. The largest absolute Gasteiger partial charge is 0.310 e. The van der Waals surface area contributed by atoms with Crippen LogP contribution in [0.15, 0.2) is 35.8 Å². The lowest BCUT2D eigenvalue weighted by Crippen LogP contribution is -2.32. The molecule has 0 saturated heterocycles. The molecule has 2 rings (SSSR count). The van der Waals surface area contributed by atoms with Crippen LogP contribution >= 0.6 is 11.3 Å². The molecule has 2 heterocycles. The maximum absolute atomic E-state index is 4.40. The van der Waals surface area contributed by atoms with Crippen molar-refractivity contribution in [2.24, 2.45) is 0 Å². The average Bonchev–Trinajstić information content (AvgIpc) is 2.86. The minimum Gasteiger partial charge on any atom is -0.310 e. The van der Waals surface area contributed by atoms with Crippen LogP contribution in [0.3, 0.4) is 0 Å². The Kier molecular flexibility index (Phi) is 4.15. The number of aryl methyl sites for hydroxylation is 1. The standard InChI is InChI=1S/C15H20N2S/c1-12-6-7-13(17-9-12)10-16-11-15(2,3)14-5-4-8-18-14/h4-9,16H,10-11H2,1-3H3. The zero-order chi connectivity index (χ0) is 13.0. The van der Waals surface area contributed by atoms with Crippen molar-refractivity contribution in [3.63, 3.8) is 0 Å². The van der Waals surface area contributed by atoms with Crippen LogP contribution in [0, 0.1) is 6.92 Å². The summed E-state index contributed by atoms with van der Waals surface area (Å²) in [5.74, 6) is 0. The van der Waals surface area contributed by atoms with Crippen molar-refractivity contribution >= 4 is 11.3 Å². The van der Waals surface area contributed by atoms with Gasteiger partial charge in [0.05, 0.1) is 5.69 Å². The van der Waals surface area contributed by atoms with Gasteiger partial charge in [0, 0.05) is 29.6 Å². The molecular formula is C15H20N2S. The van der Waals surface area contributed by atoms with Gasteiger partial charge in [-0.3, -0.25) is 4.98 Å². The maximum Gasteiger partial charge on any atom is 0.0541 e. The molecule has 2 aromatic heterocycles. The Morgan fingerprint density at radius 2 is 2.11 bits per heavy atom. The van der Waals surface area contributed by atoms with Crippen LogP contribution in [0.2, 0.25) is 0 Å². The van der Waals surface area contributed by atoms with Gasteiger partial charge in [-0.1, -0.05) is 26.0 Å². The number of aromatic nitrogens is 1. The van der Waals surface area contributed by atoms with E-state index in [9.17, 15) is 0 Å². The van der Waals surface area contributed by atoms with Gasteiger partial charge >= 0.3 is 0 Å². The van der Waals surface area contributed by atoms with Crippen LogP contribution in [-0.2, 0) is 12.0 Å². The Hall–Kier alpha value is -1.19. The summed E-state index contributed by atoms with van der Waals surface area (Å²) in [4.78, 5) is 5.82. The third-order valence-corrected chi connectivity index (χ3v) is 4.27. The summed E-state index contributed by atoms with van der Waals surface area (Å²) >= 11 is 1.82. The van der Waals surface area contributed by atoms with E-state index in [1.54, 1.807) is 0 Å². The quantitative estimate of drug-likeness (QED) is 0.889. The topological polar surface area (TPSA) is 24.9 Å². The number of rotatable bonds is 5. The molecule has 0 saturated carbocycles. The molecule has 0 atom stereocenters. The minimum atomic E-state index is 0.179. The summed E-state index contributed by atoms with van der Waals surface area (Å²) < 4.78 is 0. The summed E-state index contributed by atoms with van der Waals surface area (Å²) in [5, 5.41) is 5.63. The number of hydrogen-bond acceptors (Lipinski definition) is 3. The SMILES string of the molecule is Cc1ccc(CNCC(C)(C)c2cccs2)nc1. The van der Waals surface area contributed by atoms with Crippen LogP contribution in [0.5, 0.6) is 0 Å². The van der Waals surface area contributed by atoms with Gasteiger partial charge in [-0.25, -0.2) is 0 Å². The Morgan fingerprint density at radius 1 is 1.28 bits per heavy atom. The second-order valence-corrected chi connectivity index (χ2v) is 6.24. The van der Waals surface area contributed by atoms with E-state index < -0.39 is 0 Å². The monoisotopic (exact) mass is 260 g/mol. The highest BCUT2D eigenvalue weighted by Gasteiger charge is 2.20. The first kappa shape index (κ1) is 13.2. The number of nitrogens with one attached hydrogen (secondary N) is 1. The highest BCUT2D eigenvalue weighted by molar-refractivity contribution is 7.10. The summed E-state index contributed by atoms with van der Waals surface area (Å²) in [6, 6.07) is 8.51. The molecule has 3 heteroatoms. The zero-order valence-electron chi connectivity index (χ0n) is 11.2. The predicted molar refractivity (Wildman–Crippen MR) is 78.0 cm³/mol. The molecule has 2 aromatic rings. The van der Waals surface area contributed by atoms with Gasteiger partial charge in [-0.15, -0.1) is 11.3 Å². The molecule has 96 valence electrons. The van der Waals surface area contributed by atoms with Crippen molar-refractivity contribution in [3.8, 4) is 0 Å². The normalized spacial score (nSPS) is 11.7. The maximum atomic E-state index is 4.40. The predicted octanol–water partition coefficient (Wildman–Crippen LogP) is 3.52. The summed E-state index contributed by atoms with van der Waals surface area (Å²) in [7, 11) is 0. The van der Waals surface area contributed by atoms with Gasteiger partial charge in [0.1, 0.15) is 0 Å². The molecule has 0 aliphatic carbocycles. The van der Waals surface area contributed by atoms with Crippen LogP contribution in [-0.4, -0.2) is 11.5 Å². The van der Waals surface area contributed by atoms with Crippen LogP contribution in [0.25, 0.3) is 0 Å². The third-order valence-electron chi connectivity index (χ3n) is 3.03. The fraction of sp³-hybridized carbons (Fsp3) is 0.400. The lowest BCUT2D eigenvalue weighted by molar-refractivity contribution is 0.474. The molecule has 0 aliphatic heterocycles. The first-order chi connectivity index (χ1) is 8.58. The molecule has 0 spiro atoms. The van der Waals surface area contributed by atoms with Crippen molar-refractivity contribution < 1.29 is 0 Å². The van der Waals surface area contributed by atoms with E-state index in [1.807, 2.05) is 17.5 Å². The lowest BCUT2D eigenvalue weighted by Gasteiger charge is -2.23. The smallest absolute Gasteiger partial charge is 0.0541 e. The van der Waals surface area contributed by atoms with Crippen molar-refractivity contribution in [1.29, 1.82) is 0 Å². The zero-order valence-corrected chi connectivity index (χ0v) is 12.1. The van der Waals surface area contributed by atoms with E-state index >= 15 is 0 Å². The Balaban J connectivity index is 1.87. The highest BCUT2D eigenvalue weighted by Crippen LogP contribution is 2.26. The van der Waals surface area contributed by atoms with E-state index in [0.29, 0.717) is 0 Å². The van der Waals surface area contributed by atoms with Crippen molar-refractivity contribution in [1.82, 2.24) is 10.3 Å². The first-order valence-electron chi connectivity index (χ1n) is 6.24. The van der Waals surface area contributed by atoms with Gasteiger partial charge in [-0.05, 0) is 30.0 Å². The van der Waals surface area contributed by atoms with E-state index in [1.165, 1.54) is 10.4 Å². The van der Waals surface area contributed by atoms with E-state index in [0.717, 1.165) is 18.8 Å². The number of pyridine rings is 1. The van der Waals surface area contributed by atoms with Gasteiger partial charge in [0.2, 0.25) is 0 Å². The van der Waals surface area contributed by atoms with Gasteiger partial charge in [0.15, 0.2) is 0 Å². The van der Waals surface area contributed by atoms with E-state index in [4.69, 9.17) is 0 Å². The molecule has 0 unspecified atom stereocenters. The average molecular weight is 260 g/mol. The van der Waals surface area contributed by atoms with Gasteiger partial charge < -0.3 is 5.32 Å². The molecule has 0 amide bonds. The highest BCUT2D eigenvalue weighted by atomic mass is 32.1. The fourth-order valence-electron chi connectivity index (χ4n) is 1.86. The van der Waals surface area contributed by atoms with Crippen molar-refractivity contribution in [3.05, 3.63) is 52.0 Å². The van der Waals surface area contributed by atoms with Crippen LogP contribution in [0.1, 0.15) is 30.0 Å². The molecule has 0 aromatic carbocycles. The van der Waals surface area contributed by atoms with Crippen molar-refractivity contribution in [2.75, 3.05) is 6.54 Å². The molecular weight excluding hydrogens is 240 g/mol. The molecule has 0 fully saturated rings. The fourth-order valence-corrected chi connectivity index (χ4v) is 2.71. The van der Waals surface area contributed by atoms with E-state index in [2.05, 4.69) is 60.7 Å². The van der Waals surface area contributed by atoms with Crippen LogP contribution in [0.4, 0.5) is 0 Å². The van der Waals surface area contributed by atoms with Crippen LogP contribution < -0.4 is 5.32 Å². The van der Waals surface area contributed by atoms with E-state index in [-0.39, 0.29) is 5.41 Å². The molecule has 0 bridgehead atoms. The first-order valence-corrected chi connectivity index (χ1v) is 7.12. The lowest BCUT2D eigenvalue weighted by atomic mass is 9.91. The molecule has 1 N–H and O–H groups in total. The van der Waals surface area contributed by atoms with Crippen molar-refractivity contribution in [2.45, 2.75) is 32.7 Å². The second-order valence-electron chi connectivity index (χ2n) is 5.29. The minimum absolute atomic E-state index is 0.179.